The van der Waals surface area contributed by atoms with Crippen LogP contribution in [0.3, 0.4) is 0 Å². The lowest BCUT2D eigenvalue weighted by atomic mass is 10.2. The van der Waals surface area contributed by atoms with Gasteiger partial charge in [0.2, 0.25) is 5.91 Å². The van der Waals surface area contributed by atoms with E-state index in [0.717, 1.165) is 16.8 Å². The first-order valence-electron chi connectivity index (χ1n) is 9.74. The molecule has 0 bridgehead atoms. The van der Waals surface area contributed by atoms with Crippen molar-refractivity contribution in [3.63, 3.8) is 0 Å². The third-order valence-corrected chi connectivity index (χ3v) is 4.96. The molecule has 4 aromatic rings. The van der Waals surface area contributed by atoms with Crippen LogP contribution in [-0.4, -0.2) is 20.6 Å². The first-order chi connectivity index (χ1) is 15.0. The number of hydrogen-bond acceptors (Lipinski definition) is 4. The van der Waals surface area contributed by atoms with Crippen molar-refractivity contribution < 1.29 is 4.79 Å². The zero-order valence-corrected chi connectivity index (χ0v) is 17.6. The number of para-hydroxylation sites is 1. The molecule has 0 aliphatic heterocycles. The Morgan fingerprint density at radius 1 is 0.968 bits per heavy atom. The smallest absolute Gasteiger partial charge is 0.262 e. The molecule has 31 heavy (non-hydrogen) atoms. The van der Waals surface area contributed by atoms with Gasteiger partial charge in [-0.25, -0.2) is 4.98 Å². The number of aryl methyl sites for hydroxylation is 1. The van der Waals surface area contributed by atoms with E-state index in [1.807, 2.05) is 67.6 Å². The summed E-state index contributed by atoms with van der Waals surface area (Å²) in [6.07, 6.45) is 0. The van der Waals surface area contributed by atoms with E-state index in [2.05, 4.69) is 15.6 Å². The van der Waals surface area contributed by atoms with E-state index in [9.17, 15) is 9.59 Å². The number of aromatic nitrogens is 2. The largest absolute Gasteiger partial charge is 0.332 e. The summed E-state index contributed by atoms with van der Waals surface area (Å²) in [7, 11) is 0. The van der Waals surface area contributed by atoms with Gasteiger partial charge in [0.05, 0.1) is 10.9 Å². The van der Waals surface area contributed by atoms with Gasteiger partial charge in [0.15, 0.2) is 5.11 Å². The highest BCUT2D eigenvalue weighted by Gasteiger charge is 2.16. The maximum absolute atomic E-state index is 13.2. The Morgan fingerprint density at radius 3 is 2.39 bits per heavy atom. The van der Waals surface area contributed by atoms with Crippen molar-refractivity contribution in [2.75, 3.05) is 5.32 Å². The summed E-state index contributed by atoms with van der Waals surface area (Å²) in [5.41, 5.74) is 2.94. The van der Waals surface area contributed by atoms with Gasteiger partial charge in [-0.1, -0.05) is 60.2 Å². The lowest BCUT2D eigenvalue weighted by Crippen LogP contribution is -2.39. The van der Waals surface area contributed by atoms with Gasteiger partial charge in [-0.2, -0.15) is 0 Å². The normalized spacial score (nSPS) is 10.6. The van der Waals surface area contributed by atoms with Gasteiger partial charge in [-0.3, -0.25) is 14.2 Å². The molecule has 2 N–H and O–H groups in total. The molecule has 1 aromatic heterocycles. The van der Waals surface area contributed by atoms with E-state index in [1.54, 1.807) is 18.2 Å². The number of benzene rings is 3. The Balaban J connectivity index is 1.61. The average molecular weight is 429 g/mol. The summed E-state index contributed by atoms with van der Waals surface area (Å²) in [4.78, 5) is 30.5. The zero-order chi connectivity index (χ0) is 21.8. The predicted molar refractivity (Wildman–Crippen MR) is 127 cm³/mol. The van der Waals surface area contributed by atoms with Crippen LogP contribution in [0, 0.1) is 6.92 Å². The second-order valence-corrected chi connectivity index (χ2v) is 7.49. The number of hydrogen-bond donors (Lipinski definition) is 2. The fraction of sp³-hybridized carbons (Fsp3) is 0.0833. The predicted octanol–water partition coefficient (Wildman–Crippen LogP) is 3.89. The van der Waals surface area contributed by atoms with E-state index in [0.29, 0.717) is 16.7 Å². The SMILES string of the molecule is Cc1ccc(NC(=S)NC(=O)Cn2c(-c3ccccc3)nc3ccccc3c2=O)cc1. The highest BCUT2D eigenvalue weighted by Crippen LogP contribution is 2.18. The lowest BCUT2D eigenvalue weighted by molar-refractivity contribution is -0.120. The van der Waals surface area contributed by atoms with Gasteiger partial charge in [0, 0.05) is 11.3 Å². The van der Waals surface area contributed by atoms with Crippen molar-refractivity contribution in [2.24, 2.45) is 0 Å². The van der Waals surface area contributed by atoms with E-state index in [1.165, 1.54) is 4.57 Å². The van der Waals surface area contributed by atoms with Gasteiger partial charge >= 0.3 is 0 Å². The number of thiocarbonyl (C=S) groups is 1. The van der Waals surface area contributed by atoms with Gasteiger partial charge in [-0.05, 0) is 43.4 Å². The average Bonchev–Trinajstić information content (AvgIpc) is 2.77. The van der Waals surface area contributed by atoms with Gasteiger partial charge in [-0.15, -0.1) is 0 Å². The molecule has 4 rings (SSSR count). The molecule has 7 heteroatoms. The number of carbonyl (C=O) groups excluding carboxylic acids is 1. The molecule has 0 radical (unpaired) electrons. The molecule has 0 spiro atoms. The number of rotatable bonds is 4. The molecule has 0 atom stereocenters. The van der Waals surface area contributed by atoms with E-state index >= 15 is 0 Å². The number of fused-ring (bicyclic) bond motifs is 1. The number of nitrogens with one attached hydrogen (secondary N) is 2. The second-order valence-electron chi connectivity index (χ2n) is 7.08. The Morgan fingerprint density at radius 2 is 1.65 bits per heavy atom. The summed E-state index contributed by atoms with van der Waals surface area (Å²) in [6, 6.07) is 24.1. The Bertz CT molecular complexity index is 1320. The van der Waals surface area contributed by atoms with Crippen LogP contribution < -0.4 is 16.2 Å². The van der Waals surface area contributed by atoms with Crippen molar-refractivity contribution in [1.29, 1.82) is 0 Å². The van der Waals surface area contributed by atoms with Crippen molar-refractivity contribution in [3.05, 3.63) is 94.8 Å². The van der Waals surface area contributed by atoms with Crippen LogP contribution in [-0.2, 0) is 11.3 Å². The fourth-order valence-corrected chi connectivity index (χ4v) is 3.46. The van der Waals surface area contributed by atoms with Gasteiger partial charge in [0.25, 0.3) is 5.56 Å². The molecule has 3 aromatic carbocycles. The number of amides is 1. The van der Waals surface area contributed by atoms with Crippen molar-refractivity contribution in [2.45, 2.75) is 13.5 Å². The minimum Gasteiger partial charge on any atom is -0.332 e. The summed E-state index contributed by atoms with van der Waals surface area (Å²) in [5, 5.41) is 6.23. The molecule has 154 valence electrons. The van der Waals surface area contributed by atoms with E-state index in [4.69, 9.17) is 12.2 Å². The summed E-state index contributed by atoms with van der Waals surface area (Å²) in [5.74, 6) is 0.0119. The van der Waals surface area contributed by atoms with Crippen LogP contribution in [0.5, 0.6) is 0 Å². The molecular formula is C24H20N4O2S. The van der Waals surface area contributed by atoms with Crippen LogP contribution in [0.25, 0.3) is 22.3 Å². The monoisotopic (exact) mass is 428 g/mol. The van der Waals surface area contributed by atoms with Crippen LogP contribution in [0.2, 0.25) is 0 Å². The Hall–Kier alpha value is -3.84. The molecule has 0 aliphatic carbocycles. The van der Waals surface area contributed by atoms with Crippen LogP contribution in [0.1, 0.15) is 5.56 Å². The van der Waals surface area contributed by atoms with Crippen molar-refractivity contribution in [3.8, 4) is 11.4 Å². The quantitative estimate of drug-likeness (QED) is 0.483. The summed E-state index contributed by atoms with van der Waals surface area (Å²) < 4.78 is 1.38. The molecule has 0 saturated heterocycles. The molecular weight excluding hydrogens is 408 g/mol. The standard InChI is InChI=1S/C24H20N4O2S/c1-16-11-13-18(14-12-16)25-24(31)27-21(29)15-28-22(17-7-3-2-4-8-17)26-20-10-6-5-9-19(20)23(28)30/h2-14H,15H2,1H3,(H2,25,27,29,31). The van der Waals surface area contributed by atoms with Crippen LogP contribution in [0.4, 0.5) is 5.69 Å². The summed E-state index contributed by atoms with van der Waals surface area (Å²) >= 11 is 5.25. The first-order valence-corrected chi connectivity index (χ1v) is 10.1. The molecule has 6 nitrogen and oxygen atoms in total. The number of anilines is 1. The highest BCUT2D eigenvalue weighted by atomic mass is 32.1. The third-order valence-electron chi connectivity index (χ3n) is 4.76. The van der Waals surface area contributed by atoms with Gasteiger partial charge < -0.3 is 10.6 Å². The molecule has 1 amide bonds. The fourth-order valence-electron chi connectivity index (χ4n) is 3.23. The Kier molecular flexibility index (Phi) is 5.86. The minimum atomic E-state index is -0.416. The second kappa shape index (κ2) is 8.89. The van der Waals surface area contributed by atoms with Crippen LogP contribution in [0.15, 0.2) is 83.7 Å². The molecule has 0 aliphatic rings. The molecule has 1 heterocycles. The maximum atomic E-state index is 13.2. The van der Waals surface area contributed by atoms with Gasteiger partial charge in [0.1, 0.15) is 12.4 Å². The van der Waals surface area contributed by atoms with Crippen molar-refractivity contribution in [1.82, 2.24) is 14.9 Å². The molecule has 0 fully saturated rings. The number of nitrogens with zero attached hydrogens (tertiary/aromatic N) is 2. The topological polar surface area (TPSA) is 76.0 Å². The summed E-state index contributed by atoms with van der Waals surface area (Å²) in [6.45, 7) is 1.78. The number of carbonyl (C=O) groups is 1. The first kappa shape index (κ1) is 20.4. The molecule has 0 saturated carbocycles. The Labute approximate surface area is 184 Å². The van der Waals surface area contributed by atoms with Crippen LogP contribution >= 0.6 is 12.2 Å². The third kappa shape index (κ3) is 4.67. The highest BCUT2D eigenvalue weighted by molar-refractivity contribution is 7.80. The zero-order valence-electron chi connectivity index (χ0n) is 16.8. The lowest BCUT2D eigenvalue weighted by Gasteiger charge is -2.14. The maximum Gasteiger partial charge on any atom is 0.262 e. The molecule has 0 unspecified atom stereocenters. The van der Waals surface area contributed by atoms with E-state index < -0.39 is 5.91 Å². The van der Waals surface area contributed by atoms with Crippen molar-refractivity contribution >= 4 is 39.8 Å². The minimum absolute atomic E-state index is 0.164. The van der Waals surface area contributed by atoms with E-state index in [-0.39, 0.29) is 17.2 Å².